The van der Waals surface area contributed by atoms with Crippen LogP contribution in [-0.2, 0) is 6.42 Å². The Morgan fingerprint density at radius 2 is 1.07 bits per heavy atom. The average molecular weight is 555 g/mol. The molecular formula is C29H21N3O9. The lowest BCUT2D eigenvalue weighted by Gasteiger charge is -2.10. The van der Waals surface area contributed by atoms with Gasteiger partial charge in [0.2, 0.25) is 0 Å². The Kier molecular flexibility index (Phi) is 8.04. The molecule has 4 rings (SSSR count). The first-order valence-electron chi connectivity index (χ1n) is 11.9. The molecule has 0 radical (unpaired) electrons. The summed E-state index contributed by atoms with van der Waals surface area (Å²) >= 11 is 0. The van der Waals surface area contributed by atoms with Crippen molar-refractivity contribution in [1.82, 2.24) is 0 Å². The zero-order valence-corrected chi connectivity index (χ0v) is 21.0. The molecule has 206 valence electrons. The lowest BCUT2D eigenvalue weighted by molar-refractivity contribution is -0.384. The molecule has 0 aliphatic rings. The maximum atomic E-state index is 12.7. The van der Waals surface area contributed by atoms with Crippen LogP contribution in [0.4, 0.5) is 17.1 Å². The van der Waals surface area contributed by atoms with E-state index in [2.05, 4.69) is 10.6 Å². The Morgan fingerprint density at radius 3 is 1.51 bits per heavy atom. The summed E-state index contributed by atoms with van der Waals surface area (Å²) < 4.78 is 0. The van der Waals surface area contributed by atoms with Crippen LogP contribution in [0, 0.1) is 10.1 Å². The van der Waals surface area contributed by atoms with Gasteiger partial charge in [0.1, 0.15) is 5.75 Å². The molecule has 0 atom stereocenters. The summed E-state index contributed by atoms with van der Waals surface area (Å²) in [5, 5.41) is 44.5. The van der Waals surface area contributed by atoms with E-state index in [1.54, 1.807) is 48.5 Å². The van der Waals surface area contributed by atoms with E-state index in [0.29, 0.717) is 17.8 Å². The van der Waals surface area contributed by atoms with Crippen LogP contribution in [0.5, 0.6) is 5.75 Å². The van der Waals surface area contributed by atoms with Crippen LogP contribution in [0.3, 0.4) is 0 Å². The van der Waals surface area contributed by atoms with Crippen molar-refractivity contribution in [3.8, 4) is 5.75 Å². The lowest BCUT2D eigenvalue weighted by atomic mass is 10.0. The minimum absolute atomic E-state index is 0.182. The van der Waals surface area contributed by atoms with Gasteiger partial charge >= 0.3 is 11.9 Å². The van der Waals surface area contributed by atoms with Crippen molar-refractivity contribution >= 4 is 40.8 Å². The zero-order valence-electron chi connectivity index (χ0n) is 21.0. The average Bonchev–Trinajstić information content (AvgIpc) is 2.94. The molecule has 0 aliphatic carbocycles. The Balaban J connectivity index is 1.41. The van der Waals surface area contributed by atoms with Crippen LogP contribution < -0.4 is 10.6 Å². The highest BCUT2D eigenvalue weighted by molar-refractivity contribution is 6.11. The predicted molar refractivity (Wildman–Crippen MR) is 147 cm³/mol. The van der Waals surface area contributed by atoms with E-state index in [4.69, 9.17) is 0 Å². The predicted octanol–water partition coefficient (Wildman–Crippen LogP) is 4.79. The van der Waals surface area contributed by atoms with Crippen LogP contribution >= 0.6 is 0 Å². The van der Waals surface area contributed by atoms with Crippen molar-refractivity contribution in [3.63, 3.8) is 0 Å². The number of rotatable bonds is 9. The molecule has 5 N–H and O–H groups in total. The summed E-state index contributed by atoms with van der Waals surface area (Å²) in [6.07, 6.45) is 0.492. The molecule has 2 amide bonds. The Bertz CT molecular complexity index is 1680. The van der Waals surface area contributed by atoms with Gasteiger partial charge in [-0.3, -0.25) is 19.7 Å². The number of anilines is 2. The smallest absolute Gasteiger partial charge is 0.336 e. The second-order valence-electron chi connectivity index (χ2n) is 8.81. The molecular weight excluding hydrogens is 534 g/mol. The van der Waals surface area contributed by atoms with E-state index in [1.165, 1.54) is 6.07 Å². The fourth-order valence-corrected chi connectivity index (χ4v) is 3.97. The van der Waals surface area contributed by atoms with Gasteiger partial charge in [-0.2, -0.15) is 0 Å². The number of amides is 2. The van der Waals surface area contributed by atoms with Gasteiger partial charge in [0.15, 0.2) is 0 Å². The number of carboxylic acid groups (broad SMARTS) is 2. The number of aromatic carboxylic acids is 2. The largest absolute Gasteiger partial charge is 0.508 e. The van der Waals surface area contributed by atoms with Gasteiger partial charge in [-0.1, -0.05) is 24.3 Å². The third kappa shape index (κ3) is 6.70. The van der Waals surface area contributed by atoms with Crippen LogP contribution in [-0.4, -0.2) is 44.0 Å². The number of carbonyl (C=O) groups is 4. The van der Waals surface area contributed by atoms with E-state index in [-0.39, 0.29) is 28.0 Å². The number of nitro benzene ring substituents is 1. The molecule has 12 nitrogen and oxygen atoms in total. The molecule has 0 heterocycles. The molecule has 4 aromatic rings. The Labute approximate surface area is 231 Å². The van der Waals surface area contributed by atoms with Crippen molar-refractivity contribution in [2.45, 2.75) is 6.42 Å². The summed E-state index contributed by atoms with van der Waals surface area (Å²) in [6.45, 7) is 0. The zero-order chi connectivity index (χ0) is 29.7. The lowest BCUT2D eigenvalue weighted by Crippen LogP contribution is -2.16. The van der Waals surface area contributed by atoms with Crippen molar-refractivity contribution in [1.29, 1.82) is 0 Å². The maximum absolute atomic E-state index is 12.7. The molecule has 12 heteroatoms. The Morgan fingerprint density at radius 1 is 0.634 bits per heavy atom. The minimum atomic E-state index is -1.39. The summed E-state index contributed by atoms with van der Waals surface area (Å²) in [6, 6.07) is 19.9. The number of hydrogen-bond donors (Lipinski definition) is 5. The summed E-state index contributed by atoms with van der Waals surface area (Å²) in [4.78, 5) is 58.5. The van der Waals surface area contributed by atoms with Gasteiger partial charge in [0.05, 0.1) is 27.2 Å². The topological polar surface area (TPSA) is 196 Å². The molecule has 0 bridgehead atoms. The van der Waals surface area contributed by atoms with Crippen LogP contribution in [0.25, 0.3) is 0 Å². The number of phenols is 1. The molecule has 0 spiro atoms. The highest BCUT2D eigenvalue weighted by Crippen LogP contribution is 2.22. The summed E-state index contributed by atoms with van der Waals surface area (Å²) in [5.41, 5.74) is 0.969. The number of nitrogens with one attached hydrogen (secondary N) is 2. The fourth-order valence-electron chi connectivity index (χ4n) is 3.97. The van der Waals surface area contributed by atoms with Gasteiger partial charge in [-0.05, 0) is 66.1 Å². The van der Waals surface area contributed by atoms with Gasteiger partial charge in [0.25, 0.3) is 17.5 Å². The molecule has 0 unspecified atom stereocenters. The number of hydrogen-bond acceptors (Lipinski definition) is 7. The second-order valence-corrected chi connectivity index (χ2v) is 8.81. The first kappa shape index (κ1) is 28.0. The third-order valence-electron chi connectivity index (χ3n) is 6.00. The standard InChI is InChI=1S/C29H21N3O9/c33-21-10-12-23(29(38)39)25(15-21)27(35)31-19-7-3-17(4-8-19)13-16-1-5-18(6-2-16)30-26(34)24-14-20(32(40)41)9-11-22(24)28(36)37/h1-12,14-15,33H,13H2,(H,30,34)(H,31,35)(H,36,37)(H,38,39). The van der Waals surface area contributed by atoms with Crippen molar-refractivity contribution in [2.24, 2.45) is 0 Å². The number of phenolic OH excluding ortho intramolecular Hbond substituents is 1. The van der Waals surface area contributed by atoms with Crippen LogP contribution in [0.2, 0.25) is 0 Å². The van der Waals surface area contributed by atoms with Gasteiger partial charge in [0, 0.05) is 23.5 Å². The molecule has 0 saturated carbocycles. The van der Waals surface area contributed by atoms with Crippen molar-refractivity contribution in [2.75, 3.05) is 10.6 Å². The Hall–Kier alpha value is -6.04. The van der Waals surface area contributed by atoms with Crippen LogP contribution in [0.15, 0.2) is 84.9 Å². The van der Waals surface area contributed by atoms with E-state index < -0.39 is 34.4 Å². The van der Waals surface area contributed by atoms with E-state index >= 15 is 0 Å². The maximum Gasteiger partial charge on any atom is 0.336 e. The number of nitro groups is 1. The number of benzene rings is 4. The number of carbonyl (C=O) groups excluding carboxylic acids is 2. The molecule has 0 aromatic heterocycles. The minimum Gasteiger partial charge on any atom is -0.508 e. The first-order valence-corrected chi connectivity index (χ1v) is 11.9. The SMILES string of the molecule is O=C(O)c1ccc(O)cc1C(=O)Nc1ccc(Cc2ccc(NC(=O)c3cc([N+](=O)[O-])ccc3C(=O)O)cc2)cc1. The number of nitrogens with zero attached hydrogens (tertiary/aromatic N) is 1. The molecule has 4 aromatic carbocycles. The monoisotopic (exact) mass is 555 g/mol. The van der Waals surface area contributed by atoms with Crippen molar-refractivity contribution in [3.05, 3.63) is 128 Å². The second kappa shape index (κ2) is 11.8. The molecule has 0 saturated heterocycles. The number of aromatic hydroxyl groups is 1. The normalized spacial score (nSPS) is 10.4. The van der Waals surface area contributed by atoms with E-state index in [0.717, 1.165) is 41.5 Å². The quantitative estimate of drug-likeness (QED) is 0.142. The summed E-state index contributed by atoms with van der Waals surface area (Å²) in [7, 11) is 0. The van der Waals surface area contributed by atoms with Gasteiger partial charge in [-0.15, -0.1) is 0 Å². The number of carboxylic acids is 2. The highest BCUT2D eigenvalue weighted by Gasteiger charge is 2.21. The van der Waals surface area contributed by atoms with E-state index in [9.17, 15) is 44.6 Å². The van der Waals surface area contributed by atoms with E-state index in [1.807, 2.05) is 0 Å². The number of non-ortho nitro benzene ring substituents is 1. The summed E-state index contributed by atoms with van der Waals surface area (Å²) in [5.74, 6) is -4.43. The van der Waals surface area contributed by atoms with Crippen molar-refractivity contribution < 1.29 is 39.4 Å². The van der Waals surface area contributed by atoms with Crippen LogP contribution in [0.1, 0.15) is 52.6 Å². The first-order chi connectivity index (χ1) is 19.5. The van der Waals surface area contributed by atoms with Gasteiger partial charge < -0.3 is 26.0 Å². The molecule has 0 fully saturated rings. The highest BCUT2D eigenvalue weighted by atomic mass is 16.6. The van der Waals surface area contributed by atoms with Gasteiger partial charge in [-0.25, -0.2) is 9.59 Å². The molecule has 41 heavy (non-hydrogen) atoms. The molecule has 0 aliphatic heterocycles. The fraction of sp³-hybridized carbons (Fsp3) is 0.0345. The third-order valence-corrected chi connectivity index (χ3v) is 6.00.